The zero-order valence-electron chi connectivity index (χ0n) is 12.6. The highest BCUT2D eigenvalue weighted by atomic mass is 35.5. The van der Waals surface area contributed by atoms with Crippen LogP contribution in [0.4, 0.5) is 0 Å². The Hall–Kier alpha value is -2.23. The van der Waals surface area contributed by atoms with Gasteiger partial charge in [-0.25, -0.2) is 4.79 Å². The molecule has 0 atom stereocenters. The molecule has 0 fully saturated rings. The Morgan fingerprint density at radius 1 is 1.39 bits per heavy atom. The van der Waals surface area contributed by atoms with Crippen LogP contribution in [0.5, 0.6) is 11.5 Å². The van der Waals surface area contributed by atoms with Gasteiger partial charge in [0.25, 0.3) is 0 Å². The number of fused-ring (bicyclic) bond motifs is 1. The molecule has 0 N–H and O–H groups in total. The maximum absolute atomic E-state index is 11.8. The zero-order valence-corrected chi connectivity index (χ0v) is 13.4. The maximum atomic E-state index is 11.8. The van der Waals surface area contributed by atoms with E-state index in [1.807, 2.05) is 6.07 Å². The molecular weight excluding hydrogens is 322 g/mol. The Balaban J connectivity index is 2.23. The Morgan fingerprint density at radius 2 is 2.17 bits per heavy atom. The molecule has 6 nitrogen and oxygen atoms in total. The molecule has 1 heterocycles. The van der Waals surface area contributed by atoms with Crippen LogP contribution in [0.1, 0.15) is 12.0 Å². The van der Waals surface area contributed by atoms with Crippen LogP contribution in [0.25, 0.3) is 6.08 Å². The van der Waals surface area contributed by atoms with Gasteiger partial charge in [-0.05, 0) is 23.8 Å². The van der Waals surface area contributed by atoms with E-state index in [9.17, 15) is 4.79 Å². The fourth-order valence-corrected chi connectivity index (χ4v) is 2.21. The fraction of sp³-hybridized carbons (Fsp3) is 0.375. The van der Waals surface area contributed by atoms with Crippen LogP contribution < -0.4 is 9.47 Å². The maximum Gasteiger partial charge on any atom is 0.348 e. The molecule has 0 aliphatic carbocycles. The lowest BCUT2D eigenvalue weighted by Gasteiger charge is -2.10. The molecular formula is C16H16ClNO5. The molecule has 0 radical (unpaired) electrons. The quantitative estimate of drug-likeness (QED) is 0.356. The summed E-state index contributed by atoms with van der Waals surface area (Å²) < 4.78 is 20.8. The molecule has 0 saturated heterocycles. The lowest BCUT2D eigenvalue weighted by atomic mass is 10.1. The summed E-state index contributed by atoms with van der Waals surface area (Å²) >= 11 is 6.18. The van der Waals surface area contributed by atoms with Gasteiger partial charge in [0.05, 0.1) is 24.8 Å². The van der Waals surface area contributed by atoms with E-state index in [1.165, 1.54) is 13.2 Å². The number of ether oxygens (including phenoxy) is 4. The highest BCUT2D eigenvalue weighted by molar-refractivity contribution is 6.32. The number of halogens is 1. The lowest BCUT2D eigenvalue weighted by molar-refractivity contribution is -0.139. The number of carbonyl (C=O) groups excluding carboxylic acids is 1. The average Bonchev–Trinajstić information content (AvgIpc) is 2.78. The Bertz CT molecular complexity index is 651. The van der Waals surface area contributed by atoms with Gasteiger partial charge in [-0.2, -0.15) is 5.26 Å². The van der Waals surface area contributed by atoms with Gasteiger partial charge in [-0.1, -0.05) is 11.6 Å². The molecule has 0 spiro atoms. The van der Waals surface area contributed by atoms with Crippen molar-refractivity contribution in [3.05, 3.63) is 28.3 Å². The van der Waals surface area contributed by atoms with E-state index in [2.05, 4.69) is 0 Å². The number of hydrogen-bond acceptors (Lipinski definition) is 6. The molecule has 0 unspecified atom stereocenters. The van der Waals surface area contributed by atoms with Crippen molar-refractivity contribution in [1.82, 2.24) is 0 Å². The molecule has 2 rings (SSSR count). The summed E-state index contributed by atoms with van der Waals surface area (Å²) in [5.41, 5.74) is 0.422. The standard InChI is InChI=1S/C16H16ClNO5/c1-20-5-6-23-16(19)12(10-18)7-11-8-13(17)15-14(9-11)21-3-2-4-22-15/h7-9H,2-6H2,1H3/b12-7+. The molecule has 1 aromatic rings. The second-order valence-electron chi connectivity index (χ2n) is 4.68. The van der Waals surface area contributed by atoms with Crippen molar-refractivity contribution in [3.8, 4) is 17.6 Å². The van der Waals surface area contributed by atoms with Crippen LogP contribution in [0.3, 0.4) is 0 Å². The summed E-state index contributed by atoms with van der Waals surface area (Å²) in [5, 5.41) is 9.49. The first-order chi connectivity index (χ1) is 11.2. The Kier molecular flexibility index (Phi) is 6.27. The third-order valence-electron chi connectivity index (χ3n) is 3.00. The van der Waals surface area contributed by atoms with Gasteiger partial charge in [0.2, 0.25) is 0 Å². The molecule has 7 heteroatoms. The second-order valence-corrected chi connectivity index (χ2v) is 5.09. The Labute approximate surface area is 139 Å². The number of rotatable bonds is 5. The zero-order chi connectivity index (χ0) is 16.7. The summed E-state index contributed by atoms with van der Waals surface area (Å²) in [6.07, 6.45) is 2.15. The summed E-state index contributed by atoms with van der Waals surface area (Å²) in [6, 6.07) is 5.10. The van der Waals surface area contributed by atoms with Gasteiger partial charge in [0, 0.05) is 13.5 Å². The molecule has 122 valence electrons. The topological polar surface area (TPSA) is 77.8 Å². The molecule has 1 aliphatic rings. The monoisotopic (exact) mass is 337 g/mol. The van der Waals surface area contributed by atoms with Crippen molar-refractivity contribution >= 4 is 23.6 Å². The van der Waals surface area contributed by atoms with E-state index in [0.29, 0.717) is 35.3 Å². The van der Waals surface area contributed by atoms with Crippen molar-refractivity contribution in [1.29, 1.82) is 5.26 Å². The van der Waals surface area contributed by atoms with Gasteiger partial charge < -0.3 is 18.9 Å². The van der Waals surface area contributed by atoms with Crippen LogP contribution >= 0.6 is 11.6 Å². The number of esters is 1. The molecule has 0 bridgehead atoms. The highest BCUT2D eigenvalue weighted by Gasteiger charge is 2.16. The molecule has 0 saturated carbocycles. The van der Waals surface area contributed by atoms with Crippen LogP contribution in [0.2, 0.25) is 5.02 Å². The number of nitrogens with zero attached hydrogens (tertiary/aromatic N) is 1. The van der Waals surface area contributed by atoms with Gasteiger partial charge in [-0.15, -0.1) is 0 Å². The van der Waals surface area contributed by atoms with E-state index in [0.717, 1.165) is 6.42 Å². The van der Waals surface area contributed by atoms with E-state index in [-0.39, 0.29) is 18.8 Å². The molecule has 0 amide bonds. The summed E-state index contributed by atoms with van der Waals surface area (Å²) in [6.45, 7) is 1.38. The van der Waals surface area contributed by atoms with Gasteiger partial charge in [-0.3, -0.25) is 0 Å². The van der Waals surface area contributed by atoms with Gasteiger partial charge in [0.1, 0.15) is 18.2 Å². The lowest BCUT2D eigenvalue weighted by Crippen LogP contribution is -2.11. The Morgan fingerprint density at radius 3 is 2.91 bits per heavy atom. The normalized spacial score (nSPS) is 13.9. The van der Waals surface area contributed by atoms with Crippen LogP contribution in [-0.4, -0.2) is 39.5 Å². The summed E-state index contributed by atoms with van der Waals surface area (Å²) in [5.74, 6) is 0.251. The third kappa shape index (κ3) is 4.62. The number of nitriles is 1. The molecule has 0 aromatic heterocycles. The minimum Gasteiger partial charge on any atom is -0.489 e. The van der Waals surface area contributed by atoms with Crippen molar-refractivity contribution in [2.75, 3.05) is 33.5 Å². The van der Waals surface area contributed by atoms with Gasteiger partial charge >= 0.3 is 5.97 Å². The first kappa shape index (κ1) is 17.1. The van der Waals surface area contributed by atoms with E-state index < -0.39 is 5.97 Å². The van der Waals surface area contributed by atoms with Crippen molar-refractivity contribution in [2.24, 2.45) is 0 Å². The van der Waals surface area contributed by atoms with Crippen LogP contribution in [0, 0.1) is 11.3 Å². The average molecular weight is 338 g/mol. The van der Waals surface area contributed by atoms with Crippen molar-refractivity contribution in [2.45, 2.75) is 6.42 Å². The van der Waals surface area contributed by atoms with Crippen LogP contribution in [0.15, 0.2) is 17.7 Å². The van der Waals surface area contributed by atoms with E-state index in [1.54, 1.807) is 12.1 Å². The molecule has 1 aromatic carbocycles. The van der Waals surface area contributed by atoms with E-state index in [4.69, 9.17) is 35.8 Å². The largest absolute Gasteiger partial charge is 0.489 e. The first-order valence-corrected chi connectivity index (χ1v) is 7.40. The predicted octanol–water partition coefficient (Wildman–Crippen LogP) is 2.60. The minimum absolute atomic E-state index is 0.0796. The van der Waals surface area contributed by atoms with Crippen molar-refractivity contribution in [3.63, 3.8) is 0 Å². The third-order valence-corrected chi connectivity index (χ3v) is 3.28. The second kappa shape index (κ2) is 8.42. The molecule has 23 heavy (non-hydrogen) atoms. The summed E-state index contributed by atoms with van der Waals surface area (Å²) in [4.78, 5) is 11.8. The van der Waals surface area contributed by atoms with Crippen molar-refractivity contribution < 1.29 is 23.7 Å². The van der Waals surface area contributed by atoms with Gasteiger partial charge in [0.15, 0.2) is 11.5 Å². The molecule has 1 aliphatic heterocycles. The number of hydrogen-bond donors (Lipinski definition) is 0. The number of benzene rings is 1. The van der Waals surface area contributed by atoms with E-state index >= 15 is 0 Å². The highest BCUT2D eigenvalue weighted by Crippen LogP contribution is 2.38. The minimum atomic E-state index is -0.715. The SMILES string of the molecule is COCCOC(=O)/C(C#N)=C/c1cc(Cl)c2c(c1)OCCCO2. The predicted molar refractivity (Wildman–Crippen MR) is 83.5 cm³/mol. The number of carbonyl (C=O) groups is 1. The first-order valence-electron chi connectivity index (χ1n) is 7.02. The fourth-order valence-electron chi connectivity index (χ4n) is 1.93. The van der Waals surface area contributed by atoms with Crippen LogP contribution in [-0.2, 0) is 14.3 Å². The number of methoxy groups -OCH3 is 1. The summed E-state index contributed by atoms with van der Waals surface area (Å²) in [7, 11) is 1.49. The smallest absolute Gasteiger partial charge is 0.348 e.